The number of halogens is 3. The highest BCUT2D eigenvalue weighted by atomic mass is 35.5. The van der Waals surface area contributed by atoms with Crippen molar-refractivity contribution in [3.05, 3.63) is 69.7 Å². The van der Waals surface area contributed by atoms with Gasteiger partial charge in [0.25, 0.3) is 0 Å². The lowest BCUT2D eigenvalue weighted by Gasteiger charge is -2.20. The molecule has 0 radical (unpaired) electrons. The molecule has 1 unspecified atom stereocenters. The molecule has 0 fully saturated rings. The fourth-order valence-electron chi connectivity index (χ4n) is 2.28. The van der Waals surface area contributed by atoms with E-state index >= 15 is 0 Å². The Bertz CT molecular complexity index is 593. The molecule has 2 aromatic rings. The van der Waals surface area contributed by atoms with Crippen LogP contribution in [-0.4, -0.2) is 6.54 Å². The summed E-state index contributed by atoms with van der Waals surface area (Å²) in [4.78, 5) is 0. The fourth-order valence-corrected chi connectivity index (χ4v) is 2.58. The molecule has 2 aromatic carbocycles. The molecule has 0 spiro atoms. The topological polar surface area (TPSA) is 12.0 Å². The highest BCUT2D eigenvalue weighted by molar-refractivity contribution is 6.30. The van der Waals surface area contributed by atoms with Gasteiger partial charge >= 0.3 is 0 Å². The van der Waals surface area contributed by atoms with Crippen molar-refractivity contribution >= 4 is 11.6 Å². The molecule has 106 valence electrons. The van der Waals surface area contributed by atoms with Crippen LogP contribution in [0, 0.1) is 18.6 Å². The average Bonchev–Trinajstić information content (AvgIpc) is 2.35. The van der Waals surface area contributed by atoms with Crippen molar-refractivity contribution in [1.29, 1.82) is 0 Å². The van der Waals surface area contributed by atoms with Crippen LogP contribution in [-0.2, 0) is 0 Å². The van der Waals surface area contributed by atoms with Gasteiger partial charge in [0.15, 0.2) is 0 Å². The first kappa shape index (κ1) is 14.9. The third-order valence-electron chi connectivity index (χ3n) is 3.08. The summed E-state index contributed by atoms with van der Waals surface area (Å²) in [7, 11) is 0. The number of hydrogen-bond donors (Lipinski definition) is 1. The second-order valence-corrected chi connectivity index (χ2v) is 5.15. The predicted octanol–water partition coefficient (Wildman–Crippen LogP) is 4.63. The van der Waals surface area contributed by atoms with Gasteiger partial charge in [-0.25, -0.2) is 8.78 Å². The van der Waals surface area contributed by atoms with Crippen LogP contribution in [0.3, 0.4) is 0 Å². The zero-order chi connectivity index (χ0) is 14.7. The van der Waals surface area contributed by atoms with Crippen LogP contribution >= 0.6 is 11.6 Å². The Morgan fingerprint density at radius 3 is 2.50 bits per heavy atom. The van der Waals surface area contributed by atoms with E-state index in [1.165, 1.54) is 12.1 Å². The minimum absolute atomic E-state index is 0.349. The van der Waals surface area contributed by atoms with Gasteiger partial charge in [0.1, 0.15) is 11.6 Å². The standard InChI is InChI=1S/C16H16ClF2N/c1-3-20-16(11-6-10(2)7-12(17)8-11)14-5-4-13(18)9-15(14)19/h4-9,16,20H,3H2,1-2H3. The summed E-state index contributed by atoms with van der Waals surface area (Å²) in [6.45, 7) is 4.53. The Morgan fingerprint density at radius 2 is 1.90 bits per heavy atom. The average molecular weight is 296 g/mol. The lowest BCUT2D eigenvalue weighted by molar-refractivity contribution is 0.541. The van der Waals surface area contributed by atoms with Gasteiger partial charge in [0.05, 0.1) is 6.04 Å². The van der Waals surface area contributed by atoms with Gasteiger partial charge in [0.2, 0.25) is 0 Å². The summed E-state index contributed by atoms with van der Waals surface area (Å²) in [5, 5.41) is 3.81. The van der Waals surface area contributed by atoms with Gasteiger partial charge in [-0.1, -0.05) is 30.7 Å². The summed E-state index contributed by atoms with van der Waals surface area (Å²) in [6.07, 6.45) is 0. The third kappa shape index (κ3) is 3.35. The van der Waals surface area contributed by atoms with Crippen LogP contribution in [0.25, 0.3) is 0 Å². The monoisotopic (exact) mass is 295 g/mol. The maximum atomic E-state index is 14.0. The fraction of sp³-hybridized carbons (Fsp3) is 0.250. The Balaban J connectivity index is 2.49. The van der Waals surface area contributed by atoms with Crippen LogP contribution in [0.15, 0.2) is 36.4 Å². The van der Waals surface area contributed by atoms with E-state index in [1.54, 1.807) is 6.07 Å². The van der Waals surface area contributed by atoms with Crippen molar-refractivity contribution in [3.63, 3.8) is 0 Å². The predicted molar refractivity (Wildman–Crippen MR) is 78.1 cm³/mol. The summed E-state index contributed by atoms with van der Waals surface area (Å²) in [5.41, 5.74) is 2.27. The van der Waals surface area contributed by atoms with E-state index in [4.69, 9.17) is 11.6 Å². The molecule has 0 aromatic heterocycles. The van der Waals surface area contributed by atoms with Crippen molar-refractivity contribution in [2.24, 2.45) is 0 Å². The molecule has 20 heavy (non-hydrogen) atoms. The van der Waals surface area contributed by atoms with Gasteiger partial charge in [-0.05, 0) is 42.8 Å². The molecule has 4 heteroatoms. The largest absolute Gasteiger partial charge is 0.306 e. The van der Waals surface area contributed by atoms with E-state index in [2.05, 4.69) is 5.32 Å². The molecule has 1 atom stereocenters. The minimum atomic E-state index is -0.580. The quantitative estimate of drug-likeness (QED) is 0.867. The van der Waals surface area contributed by atoms with Crippen molar-refractivity contribution in [2.75, 3.05) is 6.54 Å². The lowest BCUT2D eigenvalue weighted by Crippen LogP contribution is -2.23. The number of nitrogens with one attached hydrogen (secondary N) is 1. The first-order valence-electron chi connectivity index (χ1n) is 6.46. The molecule has 0 heterocycles. The maximum absolute atomic E-state index is 14.0. The van der Waals surface area contributed by atoms with Crippen molar-refractivity contribution < 1.29 is 8.78 Å². The molecule has 0 saturated heterocycles. The Labute approximate surface area is 122 Å². The zero-order valence-corrected chi connectivity index (χ0v) is 12.1. The highest BCUT2D eigenvalue weighted by Crippen LogP contribution is 2.28. The minimum Gasteiger partial charge on any atom is -0.306 e. The molecule has 0 aliphatic carbocycles. The van der Waals surface area contributed by atoms with Gasteiger partial charge in [-0.2, -0.15) is 0 Å². The number of rotatable bonds is 4. The normalized spacial score (nSPS) is 12.4. The Kier molecular flexibility index (Phi) is 4.73. The molecule has 0 bridgehead atoms. The smallest absolute Gasteiger partial charge is 0.131 e. The van der Waals surface area contributed by atoms with Gasteiger partial charge in [-0.3, -0.25) is 0 Å². The number of benzene rings is 2. The second-order valence-electron chi connectivity index (χ2n) is 4.72. The molecule has 1 N–H and O–H groups in total. The molecular formula is C16H16ClF2N. The summed E-state index contributed by atoms with van der Waals surface area (Å²) in [6, 6.07) is 8.87. The first-order chi connectivity index (χ1) is 9.51. The third-order valence-corrected chi connectivity index (χ3v) is 3.30. The van der Waals surface area contributed by atoms with Gasteiger partial charge in [0, 0.05) is 16.7 Å². The van der Waals surface area contributed by atoms with Crippen molar-refractivity contribution in [3.8, 4) is 0 Å². The molecule has 1 nitrogen and oxygen atoms in total. The Morgan fingerprint density at radius 1 is 1.15 bits per heavy atom. The lowest BCUT2D eigenvalue weighted by atomic mass is 9.96. The van der Waals surface area contributed by atoms with E-state index in [0.29, 0.717) is 17.1 Å². The van der Waals surface area contributed by atoms with Gasteiger partial charge in [-0.15, -0.1) is 0 Å². The van der Waals surface area contributed by atoms with Gasteiger partial charge < -0.3 is 5.32 Å². The zero-order valence-electron chi connectivity index (χ0n) is 11.4. The molecule has 2 rings (SSSR count). The van der Waals surface area contributed by atoms with Crippen molar-refractivity contribution in [1.82, 2.24) is 5.32 Å². The summed E-state index contributed by atoms with van der Waals surface area (Å²) in [5.74, 6) is -1.14. The highest BCUT2D eigenvalue weighted by Gasteiger charge is 2.18. The molecule has 0 amide bonds. The number of aryl methyl sites for hydroxylation is 1. The SMILES string of the molecule is CCNC(c1cc(C)cc(Cl)c1)c1ccc(F)cc1F. The van der Waals surface area contributed by atoms with Crippen LogP contribution in [0.1, 0.15) is 29.7 Å². The summed E-state index contributed by atoms with van der Waals surface area (Å²) < 4.78 is 27.0. The first-order valence-corrected chi connectivity index (χ1v) is 6.84. The summed E-state index contributed by atoms with van der Waals surface area (Å²) >= 11 is 6.07. The van der Waals surface area contributed by atoms with E-state index < -0.39 is 11.6 Å². The van der Waals surface area contributed by atoms with Crippen molar-refractivity contribution in [2.45, 2.75) is 19.9 Å². The maximum Gasteiger partial charge on any atom is 0.131 e. The van der Waals surface area contributed by atoms with Crippen LogP contribution in [0.2, 0.25) is 5.02 Å². The molecule has 0 aliphatic rings. The van der Waals surface area contributed by atoms with E-state index in [-0.39, 0.29) is 6.04 Å². The van der Waals surface area contributed by atoms with E-state index in [9.17, 15) is 8.78 Å². The van der Waals surface area contributed by atoms with Crippen LogP contribution in [0.4, 0.5) is 8.78 Å². The Hall–Kier alpha value is -1.45. The molecule has 0 aliphatic heterocycles. The molecule has 0 saturated carbocycles. The van der Waals surface area contributed by atoms with E-state index in [1.807, 2.05) is 26.0 Å². The van der Waals surface area contributed by atoms with Crippen LogP contribution < -0.4 is 5.32 Å². The van der Waals surface area contributed by atoms with E-state index in [0.717, 1.165) is 17.2 Å². The number of hydrogen-bond acceptors (Lipinski definition) is 1. The second kappa shape index (κ2) is 6.33. The molecular weight excluding hydrogens is 280 g/mol. The van der Waals surface area contributed by atoms with Crippen LogP contribution in [0.5, 0.6) is 0 Å².